The Morgan fingerprint density at radius 3 is 3.00 bits per heavy atom. The first kappa shape index (κ1) is 6.92. The number of nitrogens with zero attached hydrogens (tertiary/aromatic N) is 4. The van der Waals surface area contributed by atoms with Crippen LogP contribution in [0.2, 0.25) is 0 Å². The lowest BCUT2D eigenvalue weighted by atomic mass is 10.3. The first-order valence-corrected chi connectivity index (χ1v) is 3.16. The van der Waals surface area contributed by atoms with E-state index in [2.05, 4.69) is 22.1 Å². The Morgan fingerprint density at radius 2 is 2.50 bits per heavy atom. The summed E-state index contributed by atoms with van der Waals surface area (Å²) in [5.41, 5.74) is 0. The monoisotopic (exact) mass is 138 g/mol. The minimum absolute atomic E-state index is 0.868. The van der Waals surface area contributed by atoms with Gasteiger partial charge in [-0.25, -0.2) is 4.68 Å². The second-order valence-corrected chi connectivity index (χ2v) is 2.05. The Morgan fingerprint density at radius 1 is 1.70 bits per heavy atom. The van der Waals surface area contributed by atoms with Crippen LogP contribution in [0.1, 0.15) is 12.2 Å². The van der Waals surface area contributed by atoms with Gasteiger partial charge in [0.05, 0.1) is 0 Å². The van der Waals surface area contributed by atoms with Gasteiger partial charge in [0.1, 0.15) is 0 Å². The largest absolute Gasteiger partial charge is 0.233 e. The lowest BCUT2D eigenvalue weighted by molar-refractivity contribution is 0.675. The fourth-order valence-electron chi connectivity index (χ4n) is 0.691. The van der Waals surface area contributed by atoms with Crippen molar-refractivity contribution in [3.8, 4) is 0 Å². The molecular formula is C6H10N4. The summed E-state index contributed by atoms with van der Waals surface area (Å²) < 4.78 is 1.67. The highest BCUT2D eigenvalue weighted by molar-refractivity contribution is 4.83. The smallest absolute Gasteiger partial charge is 0.151 e. The van der Waals surface area contributed by atoms with Gasteiger partial charge in [-0.05, 0) is 16.8 Å². The van der Waals surface area contributed by atoms with E-state index in [0.29, 0.717) is 0 Å². The summed E-state index contributed by atoms with van der Waals surface area (Å²) in [5.74, 6) is 0.903. The molecule has 4 heteroatoms. The van der Waals surface area contributed by atoms with Gasteiger partial charge in [-0.2, -0.15) is 0 Å². The molecule has 4 nitrogen and oxygen atoms in total. The van der Waals surface area contributed by atoms with Gasteiger partial charge < -0.3 is 0 Å². The van der Waals surface area contributed by atoms with Gasteiger partial charge in [-0.15, -0.1) is 11.7 Å². The van der Waals surface area contributed by atoms with Crippen LogP contribution in [-0.4, -0.2) is 20.2 Å². The van der Waals surface area contributed by atoms with Crippen molar-refractivity contribution >= 4 is 0 Å². The quantitative estimate of drug-likeness (QED) is 0.565. The Kier molecular flexibility index (Phi) is 2.15. The second kappa shape index (κ2) is 3.10. The fourth-order valence-corrected chi connectivity index (χ4v) is 0.691. The number of aryl methyl sites for hydroxylation is 2. The summed E-state index contributed by atoms with van der Waals surface area (Å²) in [5, 5.41) is 11.0. The molecule has 0 aliphatic rings. The molecule has 0 aromatic carbocycles. The average molecular weight is 138 g/mol. The van der Waals surface area contributed by atoms with Crippen LogP contribution in [0.25, 0.3) is 0 Å². The van der Waals surface area contributed by atoms with Crippen molar-refractivity contribution in [2.45, 2.75) is 12.8 Å². The van der Waals surface area contributed by atoms with Crippen molar-refractivity contribution in [1.82, 2.24) is 20.2 Å². The van der Waals surface area contributed by atoms with Gasteiger partial charge in [0.25, 0.3) is 0 Å². The van der Waals surface area contributed by atoms with E-state index in [1.54, 1.807) is 4.68 Å². The zero-order valence-electron chi connectivity index (χ0n) is 5.99. The van der Waals surface area contributed by atoms with Crippen LogP contribution in [0.5, 0.6) is 0 Å². The highest BCUT2D eigenvalue weighted by Crippen LogP contribution is 1.94. The first-order chi connectivity index (χ1) is 4.84. The molecule has 0 aliphatic carbocycles. The third kappa shape index (κ3) is 1.40. The van der Waals surface area contributed by atoms with E-state index in [0.717, 1.165) is 18.7 Å². The van der Waals surface area contributed by atoms with Gasteiger partial charge in [-0.1, -0.05) is 6.08 Å². The average Bonchev–Trinajstić information content (AvgIpc) is 2.31. The standard InChI is InChI=1S/C6H10N4/c1-3-4-5-6-7-8-9-10(6)2/h3H,1,4-5H2,2H3. The molecule has 10 heavy (non-hydrogen) atoms. The number of hydrogen-bond acceptors (Lipinski definition) is 3. The molecule has 1 heterocycles. The third-order valence-corrected chi connectivity index (χ3v) is 1.28. The zero-order valence-corrected chi connectivity index (χ0v) is 5.99. The number of tetrazole rings is 1. The molecule has 54 valence electrons. The molecule has 0 saturated heterocycles. The minimum Gasteiger partial charge on any atom is -0.233 e. The van der Waals surface area contributed by atoms with Gasteiger partial charge in [-0.3, -0.25) is 0 Å². The van der Waals surface area contributed by atoms with Crippen molar-refractivity contribution in [1.29, 1.82) is 0 Å². The molecule has 0 atom stereocenters. The van der Waals surface area contributed by atoms with Gasteiger partial charge in [0.15, 0.2) is 5.82 Å². The highest BCUT2D eigenvalue weighted by atomic mass is 15.5. The van der Waals surface area contributed by atoms with Crippen molar-refractivity contribution in [3.63, 3.8) is 0 Å². The lowest BCUT2D eigenvalue weighted by Gasteiger charge is -1.92. The maximum absolute atomic E-state index is 3.81. The van der Waals surface area contributed by atoms with Crippen LogP contribution in [0.4, 0.5) is 0 Å². The van der Waals surface area contributed by atoms with Gasteiger partial charge >= 0.3 is 0 Å². The maximum atomic E-state index is 3.81. The van der Waals surface area contributed by atoms with Crippen molar-refractivity contribution in [3.05, 3.63) is 18.5 Å². The number of allylic oxidation sites excluding steroid dienone is 1. The van der Waals surface area contributed by atoms with Crippen LogP contribution in [0.3, 0.4) is 0 Å². The molecule has 0 spiro atoms. The first-order valence-electron chi connectivity index (χ1n) is 3.16. The number of aromatic nitrogens is 4. The third-order valence-electron chi connectivity index (χ3n) is 1.28. The van der Waals surface area contributed by atoms with E-state index >= 15 is 0 Å². The predicted octanol–water partition coefficient (Wildman–Crippen LogP) is 0.329. The molecule has 1 rings (SSSR count). The van der Waals surface area contributed by atoms with Crippen LogP contribution in [0, 0.1) is 0 Å². The molecule has 0 amide bonds. The van der Waals surface area contributed by atoms with Crippen LogP contribution >= 0.6 is 0 Å². The van der Waals surface area contributed by atoms with E-state index in [1.807, 2.05) is 13.1 Å². The Hall–Kier alpha value is -1.19. The molecule has 0 unspecified atom stereocenters. The van der Waals surface area contributed by atoms with E-state index in [1.165, 1.54) is 0 Å². The van der Waals surface area contributed by atoms with E-state index in [4.69, 9.17) is 0 Å². The molecular weight excluding hydrogens is 128 g/mol. The van der Waals surface area contributed by atoms with Crippen molar-refractivity contribution in [2.75, 3.05) is 0 Å². The molecule has 0 saturated carbocycles. The SMILES string of the molecule is C=CCCc1nnnn1C. The lowest BCUT2D eigenvalue weighted by Crippen LogP contribution is -1.98. The van der Waals surface area contributed by atoms with E-state index < -0.39 is 0 Å². The summed E-state index contributed by atoms with van der Waals surface area (Å²) in [6.45, 7) is 3.61. The summed E-state index contributed by atoms with van der Waals surface area (Å²) in [4.78, 5) is 0. The molecule has 1 aromatic heterocycles. The summed E-state index contributed by atoms with van der Waals surface area (Å²) in [7, 11) is 1.83. The maximum Gasteiger partial charge on any atom is 0.151 e. The molecule has 0 aliphatic heterocycles. The summed E-state index contributed by atoms with van der Waals surface area (Å²) in [6.07, 6.45) is 3.65. The minimum atomic E-state index is 0.868. The fraction of sp³-hybridized carbons (Fsp3) is 0.500. The molecule has 0 N–H and O–H groups in total. The van der Waals surface area contributed by atoms with Crippen LogP contribution in [-0.2, 0) is 13.5 Å². The van der Waals surface area contributed by atoms with Crippen molar-refractivity contribution < 1.29 is 0 Å². The Balaban J connectivity index is 2.56. The van der Waals surface area contributed by atoms with Crippen LogP contribution < -0.4 is 0 Å². The van der Waals surface area contributed by atoms with Gasteiger partial charge in [0.2, 0.25) is 0 Å². The van der Waals surface area contributed by atoms with E-state index in [-0.39, 0.29) is 0 Å². The Bertz CT molecular complexity index is 215. The van der Waals surface area contributed by atoms with Gasteiger partial charge in [0, 0.05) is 13.5 Å². The molecule has 0 bridgehead atoms. The molecule has 0 fully saturated rings. The number of rotatable bonds is 3. The van der Waals surface area contributed by atoms with Crippen LogP contribution in [0.15, 0.2) is 12.7 Å². The predicted molar refractivity (Wildman–Crippen MR) is 37.3 cm³/mol. The van der Waals surface area contributed by atoms with E-state index in [9.17, 15) is 0 Å². The Labute approximate surface area is 59.5 Å². The second-order valence-electron chi connectivity index (χ2n) is 2.05. The molecule has 1 aromatic rings. The topological polar surface area (TPSA) is 43.6 Å². The van der Waals surface area contributed by atoms with Crippen molar-refractivity contribution in [2.24, 2.45) is 7.05 Å². The highest BCUT2D eigenvalue weighted by Gasteiger charge is 1.97. The summed E-state index contributed by atoms with van der Waals surface area (Å²) in [6, 6.07) is 0. The normalized spacial score (nSPS) is 9.70. The number of hydrogen-bond donors (Lipinski definition) is 0. The summed E-state index contributed by atoms with van der Waals surface area (Å²) >= 11 is 0. The zero-order chi connectivity index (χ0) is 7.40. The molecule has 0 radical (unpaired) electrons.